The van der Waals surface area contributed by atoms with Gasteiger partial charge in [0.2, 0.25) is 0 Å². The van der Waals surface area contributed by atoms with Crippen LogP contribution in [0.4, 0.5) is 10.2 Å². The Balaban J connectivity index is 1.81. The molecule has 1 heterocycles. The molecule has 6 heteroatoms. The fourth-order valence-corrected chi connectivity index (χ4v) is 2.51. The summed E-state index contributed by atoms with van der Waals surface area (Å²) in [7, 11) is 0. The van der Waals surface area contributed by atoms with E-state index in [1.54, 1.807) is 18.2 Å². The van der Waals surface area contributed by atoms with E-state index >= 15 is 0 Å². The number of halogens is 3. The fraction of sp³-hybridized carbons (Fsp3) is 0.0588. The molecule has 0 amide bonds. The monoisotopic (exact) mass is 391 g/mol. The number of aromatic nitrogens is 2. The summed E-state index contributed by atoms with van der Waals surface area (Å²) in [5, 5.41) is 3.50. The Hall–Kier alpha value is -1.98. The Kier molecular flexibility index (Phi) is 4.88. The molecule has 0 radical (unpaired) electrons. The van der Waals surface area contributed by atoms with E-state index in [4.69, 9.17) is 11.6 Å². The molecule has 3 aromatic rings. The normalized spacial score (nSPS) is 10.6. The predicted octanol–water partition coefficient (Wildman–Crippen LogP) is 5.31. The number of nitrogens with one attached hydrogen (secondary N) is 1. The highest BCUT2D eigenvalue weighted by Crippen LogP contribution is 2.21. The van der Waals surface area contributed by atoms with Gasteiger partial charge in [0.05, 0.1) is 0 Å². The molecule has 0 aliphatic carbocycles. The molecule has 1 N–H and O–H groups in total. The zero-order valence-corrected chi connectivity index (χ0v) is 14.3. The summed E-state index contributed by atoms with van der Waals surface area (Å²) in [5.74, 6) is 0.637. The van der Waals surface area contributed by atoms with E-state index in [2.05, 4.69) is 31.2 Å². The predicted molar refractivity (Wildman–Crippen MR) is 93.9 cm³/mol. The zero-order valence-electron chi connectivity index (χ0n) is 11.9. The summed E-state index contributed by atoms with van der Waals surface area (Å²) in [6.07, 6.45) is 0. The highest BCUT2D eigenvalue weighted by molar-refractivity contribution is 9.10. The second-order valence-corrected chi connectivity index (χ2v) is 6.19. The van der Waals surface area contributed by atoms with Crippen molar-refractivity contribution < 1.29 is 4.39 Å². The van der Waals surface area contributed by atoms with E-state index in [0.717, 1.165) is 10.0 Å². The van der Waals surface area contributed by atoms with Crippen LogP contribution in [0.2, 0.25) is 5.15 Å². The zero-order chi connectivity index (χ0) is 16.2. The minimum absolute atomic E-state index is 0.303. The standard InChI is InChI=1S/C17H12BrClFN3/c18-13-6-4-11(5-7-13)10-21-16-9-15(19)22-17(23-16)12-2-1-3-14(20)8-12/h1-9H,10H2,(H,21,22,23). The first-order chi connectivity index (χ1) is 11.1. The van der Waals surface area contributed by atoms with Crippen molar-refractivity contribution in [1.29, 1.82) is 0 Å². The summed E-state index contributed by atoms with van der Waals surface area (Å²) in [6, 6.07) is 15.7. The molecule has 0 atom stereocenters. The summed E-state index contributed by atoms with van der Waals surface area (Å²) in [5.41, 5.74) is 1.69. The van der Waals surface area contributed by atoms with Crippen LogP contribution in [-0.4, -0.2) is 9.97 Å². The van der Waals surface area contributed by atoms with Crippen LogP contribution in [-0.2, 0) is 6.54 Å². The van der Waals surface area contributed by atoms with Gasteiger partial charge in [0.1, 0.15) is 16.8 Å². The molecule has 3 nitrogen and oxygen atoms in total. The number of nitrogens with zero attached hydrogens (tertiary/aromatic N) is 2. The Morgan fingerprint density at radius 3 is 2.57 bits per heavy atom. The molecule has 0 unspecified atom stereocenters. The average Bonchev–Trinajstić information content (AvgIpc) is 2.54. The van der Waals surface area contributed by atoms with Crippen LogP contribution >= 0.6 is 27.5 Å². The average molecular weight is 393 g/mol. The largest absolute Gasteiger partial charge is 0.366 e. The van der Waals surface area contributed by atoms with E-state index in [0.29, 0.717) is 28.9 Å². The van der Waals surface area contributed by atoms with Crippen LogP contribution in [0.1, 0.15) is 5.56 Å². The molecular weight excluding hydrogens is 381 g/mol. The van der Waals surface area contributed by atoms with E-state index in [-0.39, 0.29) is 5.82 Å². The Bertz CT molecular complexity index is 824. The summed E-state index contributed by atoms with van der Waals surface area (Å²) in [4.78, 5) is 8.55. The second kappa shape index (κ2) is 7.06. The highest BCUT2D eigenvalue weighted by Gasteiger charge is 2.07. The number of benzene rings is 2. The summed E-state index contributed by atoms with van der Waals surface area (Å²) < 4.78 is 14.4. The van der Waals surface area contributed by atoms with Gasteiger partial charge in [-0.15, -0.1) is 0 Å². The Labute approximate surface area is 146 Å². The van der Waals surface area contributed by atoms with Crippen molar-refractivity contribution in [2.75, 3.05) is 5.32 Å². The van der Waals surface area contributed by atoms with Gasteiger partial charge in [-0.2, -0.15) is 0 Å². The minimum atomic E-state index is -0.338. The fourth-order valence-electron chi connectivity index (χ4n) is 2.06. The topological polar surface area (TPSA) is 37.8 Å². The van der Waals surface area contributed by atoms with Crippen LogP contribution in [0.15, 0.2) is 59.1 Å². The molecule has 23 heavy (non-hydrogen) atoms. The van der Waals surface area contributed by atoms with Crippen molar-refractivity contribution >= 4 is 33.3 Å². The van der Waals surface area contributed by atoms with Gasteiger partial charge in [0, 0.05) is 22.6 Å². The first kappa shape index (κ1) is 15.9. The molecule has 0 spiro atoms. The summed E-state index contributed by atoms with van der Waals surface area (Å²) in [6.45, 7) is 0.600. The van der Waals surface area contributed by atoms with E-state index in [1.165, 1.54) is 12.1 Å². The third kappa shape index (κ3) is 4.27. The van der Waals surface area contributed by atoms with Gasteiger partial charge < -0.3 is 5.32 Å². The quantitative estimate of drug-likeness (QED) is 0.611. The van der Waals surface area contributed by atoms with Crippen LogP contribution < -0.4 is 5.32 Å². The SMILES string of the molecule is Fc1cccc(-c2nc(Cl)cc(NCc3ccc(Br)cc3)n2)c1. The van der Waals surface area contributed by atoms with Crippen LogP contribution in [0, 0.1) is 5.82 Å². The van der Waals surface area contributed by atoms with Crippen molar-refractivity contribution in [1.82, 2.24) is 9.97 Å². The molecule has 116 valence electrons. The van der Waals surface area contributed by atoms with Crippen molar-refractivity contribution in [3.8, 4) is 11.4 Å². The minimum Gasteiger partial charge on any atom is -0.366 e. The van der Waals surface area contributed by atoms with Crippen LogP contribution in [0.5, 0.6) is 0 Å². The molecular formula is C17H12BrClFN3. The number of hydrogen-bond acceptors (Lipinski definition) is 3. The maximum atomic E-state index is 13.3. The van der Waals surface area contributed by atoms with Crippen molar-refractivity contribution in [2.24, 2.45) is 0 Å². The van der Waals surface area contributed by atoms with Crippen molar-refractivity contribution in [2.45, 2.75) is 6.54 Å². The van der Waals surface area contributed by atoms with Gasteiger partial charge in [-0.05, 0) is 29.8 Å². The first-order valence-corrected chi connectivity index (χ1v) is 8.06. The lowest BCUT2D eigenvalue weighted by Crippen LogP contribution is -2.03. The molecule has 3 rings (SSSR count). The molecule has 0 bridgehead atoms. The van der Waals surface area contributed by atoms with Gasteiger partial charge in [-0.25, -0.2) is 14.4 Å². The van der Waals surface area contributed by atoms with Gasteiger partial charge >= 0.3 is 0 Å². The molecule has 0 fully saturated rings. The molecule has 1 aromatic heterocycles. The maximum Gasteiger partial charge on any atom is 0.163 e. The van der Waals surface area contributed by atoms with Crippen molar-refractivity contribution in [3.63, 3.8) is 0 Å². The van der Waals surface area contributed by atoms with Gasteiger partial charge in [-0.1, -0.05) is 51.8 Å². The van der Waals surface area contributed by atoms with E-state index in [9.17, 15) is 4.39 Å². The van der Waals surface area contributed by atoms with Gasteiger partial charge in [0.15, 0.2) is 5.82 Å². The third-order valence-corrected chi connectivity index (χ3v) is 3.89. The first-order valence-electron chi connectivity index (χ1n) is 6.89. The highest BCUT2D eigenvalue weighted by atomic mass is 79.9. The number of anilines is 1. The van der Waals surface area contributed by atoms with Crippen LogP contribution in [0.25, 0.3) is 11.4 Å². The van der Waals surface area contributed by atoms with E-state index in [1.807, 2.05) is 24.3 Å². The Morgan fingerprint density at radius 2 is 1.83 bits per heavy atom. The lowest BCUT2D eigenvalue weighted by atomic mass is 10.2. The molecule has 2 aromatic carbocycles. The number of hydrogen-bond donors (Lipinski definition) is 1. The van der Waals surface area contributed by atoms with Gasteiger partial charge in [-0.3, -0.25) is 0 Å². The van der Waals surface area contributed by atoms with Crippen LogP contribution in [0.3, 0.4) is 0 Å². The second-order valence-electron chi connectivity index (χ2n) is 4.89. The smallest absolute Gasteiger partial charge is 0.163 e. The molecule has 0 saturated heterocycles. The number of rotatable bonds is 4. The molecule has 0 aliphatic heterocycles. The molecule has 0 aliphatic rings. The van der Waals surface area contributed by atoms with E-state index < -0.39 is 0 Å². The lowest BCUT2D eigenvalue weighted by Gasteiger charge is -2.08. The lowest BCUT2D eigenvalue weighted by molar-refractivity contribution is 0.628. The maximum absolute atomic E-state index is 13.3. The molecule has 0 saturated carbocycles. The van der Waals surface area contributed by atoms with Crippen molar-refractivity contribution in [3.05, 3.63) is 75.6 Å². The summed E-state index contributed by atoms with van der Waals surface area (Å²) >= 11 is 9.45. The Morgan fingerprint density at radius 1 is 1.04 bits per heavy atom. The van der Waals surface area contributed by atoms with Gasteiger partial charge in [0.25, 0.3) is 0 Å². The third-order valence-electron chi connectivity index (χ3n) is 3.16.